The van der Waals surface area contributed by atoms with Gasteiger partial charge in [0.1, 0.15) is 11.4 Å². The Hall–Kier alpha value is -1.57. The number of aliphatic carboxylic acids is 1. The number of β-lactam (4-membered cyclic amide) rings is 1. The minimum atomic E-state index is -4.63. The summed E-state index contributed by atoms with van der Waals surface area (Å²) in [5.74, 6) is -2.79. The van der Waals surface area contributed by atoms with Gasteiger partial charge in [0.25, 0.3) is 5.91 Å². The van der Waals surface area contributed by atoms with Crippen LogP contribution in [0.25, 0.3) is 0 Å². The number of fused-ring (bicyclic) bond motifs is 1. The zero-order chi connectivity index (χ0) is 24.8. The maximum absolute atomic E-state index is 12.7. The van der Waals surface area contributed by atoms with E-state index in [0.717, 1.165) is 28.0 Å². The van der Waals surface area contributed by atoms with Crippen LogP contribution in [0.4, 0.5) is 13.2 Å². The number of hydrogen-bond donors (Lipinski definition) is 3. The number of hydrogen-bond acceptors (Lipinski definition) is 12. The van der Waals surface area contributed by atoms with Crippen LogP contribution in [0.15, 0.2) is 21.0 Å². The van der Waals surface area contributed by atoms with Gasteiger partial charge in [-0.25, -0.2) is 0 Å². The molecule has 0 spiro atoms. The fraction of sp³-hybridized carbons (Fsp3) is 0.375. The number of nitrogens with one attached hydrogen (secondary N) is 2. The second-order valence-electron chi connectivity index (χ2n) is 6.87. The van der Waals surface area contributed by atoms with Crippen LogP contribution in [-0.2, 0) is 27.0 Å². The van der Waals surface area contributed by atoms with E-state index in [1.54, 1.807) is 0 Å². The van der Waals surface area contributed by atoms with Crippen LogP contribution in [0.2, 0.25) is 0 Å². The third-order valence-corrected chi connectivity index (χ3v) is 9.00. The van der Waals surface area contributed by atoms with Gasteiger partial charge in [0, 0.05) is 16.9 Å². The number of thioether (sulfide) groups is 2. The quantitative estimate of drug-likeness (QED) is 0.134. The molecule has 2 aromatic rings. The summed E-state index contributed by atoms with van der Waals surface area (Å²) in [5.41, 5.74) is 0.0558. The van der Waals surface area contributed by atoms with Crippen molar-refractivity contribution in [2.45, 2.75) is 28.4 Å². The molecule has 2 aliphatic rings. The summed E-state index contributed by atoms with van der Waals surface area (Å²) in [5, 5.41) is 37.5. The molecule has 0 saturated carbocycles. The molecule has 182 valence electrons. The molecule has 0 aliphatic carbocycles. The van der Waals surface area contributed by atoms with Gasteiger partial charge in [0.15, 0.2) is 4.34 Å². The van der Waals surface area contributed by atoms with Crippen LogP contribution in [0.3, 0.4) is 0 Å². The molecule has 4 heterocycles. The van der Waals surface area contributed by atoms with Crippen molar-refractivity contribution in [1.82, 2.24) is 25.1 Å². The third-order valence-electron chi connectivity index (χ3n) is 4.69. The van der Waals surface area contributed by atoms with Gasteiger partial charge in [0.2, 0.25) is 15.7 Å². The van der Waals surface area contributed by atoms with Gasteiger partial charge in [-0.05, 0) is 5.57 Å². The number of nitrogens with zero attached hydrogens (tertiary/aromatic N) is 4. The molecule has 2 aliphatic heterocycles. The first-order valence-electron chi connectivity index (χ1n) is 9.11. The molecule has 35 heavy (non-hydrogen) atoms. The molecule has 19 heteroatoms. The van der Waals surface area contributed by atoms with Crippen molar-refractivity contribution in [2.24, 2.45) is 0 Å². The summed E-state index contributed by atoms with van der Waals surface area (Å²) in [6, 6.07) is -1.00. The van der Waals surface area contributed by atoms with E-state index in [-0.39, 0.29) is 73.6 Å². The van der Waals surface area contributed by atoms with Crippen LogP contribution in [0.1, 0.15) is 10.7 Å². The fourth-order valence-corrected chi connectivity index (χ4v) is 7.03. The van der Waals surface area contributed by atoms with Crippen molar-refractivity contribution in [3.8, 4) is 0 Å². The average Bonchev–Trinajstić information content (AvgIpc) is 3.37. The number of rotatable bonds is 7. The second-order valence-corrected chi connectivity index (χ2v) is 11.0. The van der Waals surface area contributed by atoms with E-state index in [1.807, 2.05) is 0 Å². The number of alkyl halides is 3. The maximum atomic E-state index is 12.7. The van der Waals surface area contributed by atoms with E-state index in [0.29, 0.717) is 16.1 Å². The number of aromatic nitrogens is 3. The van der Waals surface area contributed by atoms with Crippen molar-refractivity contribution in [3.05, 3.63) is 32.2 Å². The first-order chi connectivity index (χ1) is 16.0. The van der Waals surface area contributed by atoms with Crippen LogP contribution >= 0.6 is 46.2 Å². The summed E-state index contributed by atoms with van der Waals surface area (Å²) >= 11 is 3.30. The molecule has 2 amide bonds. The number of carbonyl (C=O) groups is 3. The predicted molar refractivity (Wildman–Crippen MR) is 112 cm³/mol. The molecule has 2 atom stereocenters. The normalized spacial score (nSPS) is 19.6. The summed E-state index contributed by atoms with van der Waals surface area (Å²) in [7, 11) is 0. The Bertz CT molecular complexity index is 1260. The van der Waals surface area contributed by atoms with E-state index in [4.69, 9.17) is 5.41 Å². The van der Waals surface area contributed by atoms with Crippen LogP contribution in [0.5, 0.6) is 0 Å². The van der Waals surface area contributed by atoms with Gasteiger partial charge < -0.3 is 20.4 Å². The van der Waals surface area contributed by atoms with E-state index >= 15 is 0 Å². The number of carbonyl (C=O) groups excluding carboxylic acids is 3. The van der Waals surface area contributed by atoms with Crippen molar-refractivity contribution in [1.29, 1.82) is 5.41 Å². The monoisotopic (exact) mass is 576 g/mol. The fourth-order valence-electron chi connectivity index (χ4n) is 3.17. The second kappa shape index (κ2) is 10.8. The van der Waals surface area contributed by atoms with Gasteiger partial charge in [-0.3, -0.25) is 19.9 Å². The Balaban J connectivity index is 0.00000342. The van der Waals surface area contributed by atoms with Gasteiger partial charge in [0.05, 0.1) is 23.8 Å². The smallest absolute Gasteiger partial charge is 0.543 e. The van der Waals surface area contributed by atoms with E-state index in [2.05, 4.69) is 15.5 Å². The number of amides is 2. The zero-order valence-electron chi connectivity index (χ0n) is 17.5. The molecule has 0 aromatic carbocycles. The number of thiazole rings is 1. The molecule has 2 unspecified atom stereocenters. The Morgan fingerprint density at radius 2 is 2.09 bits per heavy atom. The van der Waals surface area contributed by atoms with E-state index < -0.39 is 40.4 Å². The summed E-state index contributed by atoms with van der Waals surface area (Å²) in [6.07, 6.45) is -4.92. The molecular formula is C16H12F3N6NaO5S4. The molecule has 4 rings (SSSR count). The van der Waals surface area contributed by atoms with Crippen LogP contribution in [-0.4, -0.2) is 65.7 Å². The van der Waals surface area contributed by atoms with Crippen molar-refractivity contribution >= 4 is 64.0 Å². The first kappa shape index (κ1) is 28.0. The molecule has 3 N–H and O–H groups in total. The Labute approximate surface area is 232 Å². The van der Waals surface area contributed by atoms with Gasteiger partial charge in [-0.1, -0.05) is 23.1 Å². The van der Waals surface area contributed by atoms with E-state index in [1.165, 1.54) is 17.1 Å². The Morgan fingerprint density at radius 3 is 2.66 bits per heavy atom. The standard InChI is InChI=1S/C16H13F3N6O5S4.Na/c17-16(18,19)13-22-23-15(34-13)33-3-5-2-31-11-8(10(27)24(11)9(5)12(28)29)21-7(26)1-6-4-32-14(20)25(6)30;/h4,8,11,20,30H,1-3H2,(H,21,26)(H,28,29);/q;+1/p-1. The maximum Gasteiger partial charge on any atom is 1.00 e. The molecule has 1 saturated heterocycles. The largest absolute Gasteiger partial charge is 1.00 e. The zero-order valence-corrected chi connectivity index (χ0v) is 22.8. The Kier molecular flexibility index (Phi) is 8.65. The van der Waals surface area contributed by atoms with Gasteiger partial charge in [-0.15, -0.1) is 33.3 Å². The molecule has 2 aromatic heterocycles. The van der Waals surface area contributed by atoms with Crippen molar-refractivity contribution in [2.75, 3.05) is 11.5 Å². The average molecular weight is 577 g/mol. The van der Waals surface area contributed by atoms with Crippen LogP contribution < -0.4 is 44.8 Å². The Morgan fingerprint density at radius 1 is 1.37 bits per heavy atom. The van der Waals surface area contributed by atoms with Crippen molar-refractivity contribution in [3.63, 3.8) is 0 Å². The molecule has 0 radical (unpaired) electrons. The van der Waals surface area contributed by atoms with E-state index in [9.17, 15) is 37.9 Å². The summed E-state index contributed by atoms with van der Waals surface area (Å²) < 4.78 is 38.6. The third kappa shape index (κ3) is 5.72. The SMILES string of the molecule is N=c1scc(CC(=O)NC2C(=O)N3C(C(=O)[O-])=C(CSc4nnc(C(F)(F)F)s4)CSC23)n1O.[Na+]. The van der Waals surface area contributed by atoms with Gasteiger partial charge in [-0.2, -0.15) is 17.9 Å². The molecular weight excluding hydrogens is 564 g/mol. The minimum Gasteiger partial charge on any atom is -0.543 e. The number of carboxylic acid groups (broad SMARTS) is 1. The predicted octanol–water partition coefficient (Wildman–Crippen LogP) is -3.12. The van der Waals surface area contributed by atoms with Gasteiger partial charge >= 0.3 is 35.7 Å². The van der Waals surface area contributed by atoms with Crippen molar-refractivity contribution < 1.29 is 67.4 Å². The molecule has 11 nitrogen and oxygen atoms in total. The van der Waals surface area contributed by atoms with Crippen LogP contribution in [0, 0.1) is 5.41 Å². The molecule has 1 fully saturated rings. The topological polar surface area (TPSA) is 164 Å². The first-order valence-corrected chi connectivity index (χ1v) is 12.8. The number of halogens is 3. The number of carboxylic acids is 1. The molecule has 0 bridgehead atoms. The summed E-state index contributed by atoms with van der Waals surface area (Å²) in [4.78, 5) is 37.5. The summed E-state index contributed by atoms with van der Waals surface area (Å²) in [6.45, 7) is 0. The minimum absolute atomic E-state index is 0.